The third kappa shape index (κ3) is 5.05. The summed E-state index contributed by atoms with van der Waals surface area (Å²) in [6, 6.07) is 9.37. The Hall–Kier alpha value is -1.47. The van der Waals surface area contributed by atoms with E-state index in [1.54, 1.807) is 24.3 Å². The SMILES string of the molecule is C=CCONC(=O)c1cc(NC(=O)[C@H]2[C@H](c3cc(Cl)cc(Cl)c3)C2(Cl)Cl)ccc1Cl. The standard InChI is InChI=1S/C20H15Cl5N2O3/c1-2-5-30-27-18(28)14-9-13(3-4-15(14)23)26-19(29)17-16(20(17,24)25)10-6-11(21)8-12(22)7-10/h2-4,6-9,16-17H,1,5H2,(H,26,29)(H,27,28)/t16-,17+/m0/s1. The van der Waals surface area contributed by atoms with E-state index in [1.807, 2.05) is 0 Å². The summed E-state index contributed by atoms with van der Waals surface area (Å²) in [7, 11) is 0. The van der Waals surface area contributed by atoms with Crippen molar-refractivity contribution in [3.8, 4) is 0 Å². The van der Waals surface area contributed by atoms with Crippen molar-refractivity contribution in [1.29, 1.82) is 0 Å². The molecule has 10 heteroatoms. The summed E-state index contributed by atoms with van der Waals surface area (Å²) in [5.41, 5.74) is 3.36. The molecule has 0 saturated heterocycles. The van der Waals surface area contributed by atoms with Crippen LogP contribution in [0.5, 0.6) is 0 Å². The van der Waals surface area contributed by atoms with E-state index >= 15 is 0 Å². The number of carbonyl (C=O) groups excluding carboxylic acids is 2. The topological polar surface area (TPSA) is 67.4 Å². The molecule has 1 saturated carbocycles. The van der Waals surface area contributed by atoms with Gasteiger partial charge < -0.3 is 5.32 Å². The number of nitrogens with one attached hydrogen (secondary N) is 2. The van der Waals surface area contributed by atoms with Crippen LogP contribution in [0.2, 0.25) is 15.1 Å². The lowest BCUT2D eigenvalue weighted by molar-refractivity contribution is -0.117. The van der Waals surface area contributed by atoms with Crippen LogP contribution >= 0.6 is 58.0 Å². The van der Waals surface area contributed by atoms with Gasteiger partial charge in [0, 0.05) is 21.7 Å². The summed E-state index contributed by atoms with van der Waals surface area (Å²) in [4.78, 5) is 29.9. The molecule has 158 valence electrons. The molecule has 0 unspecified atom stereocenters. The number of hydrogen-bond acceptors (Lipinski definition) is 3. The molecule has 2 aromatic rings. The Morgan fingerprint density at radius 2 is 1.77 bits per heavy atom. The lowest BCUT2D eigenvalue weighted by Gasteiger charge is -2.10. The van der Waals surface area contributed by atoms with Crippen molar-refractivity contribution in [2.75, 3.05) is 11.9 Å². The zero-order valence-electron chi connectivity index (χ0n) is 15.2. The first kappa shape index (κ1) is 23.2. The first-order valence-electron chi connectivity index (χ1n) is 8.62. The summed E-state index contributed by atoms with van der Waals surface area (Å²) >= 11 is 30.9. The smallest absolute Gasteiger partial charge is 0.276 e. The number of hydrogen-bond donors (Lipinski definition) is 2. The quantitative estimate of drug-likeness (QED) is 0.208. The highest BCUT2D eigenvalue weighted by Gasteiger charge is 2.67. The zero-order chi connectivity index (χ0) is 22.1. The van der Waals surface area contributed by atoms with Crippen molar-refractivity contribution in [2.45, 2.75) is 10.3 Å². The van der Waals surface area contributed by atoms with Gasteiger partial charge >= 0.3 is 0 Å². The lowest BCUT2D eigenvalue weighted by Crippen LogP contribution is -2.24. The predicted molar refractivity (Wildman–Crippen MR) is 121 cm³/mol. The summed E-state index contributed by atoms with van der Waals surface area (Å²) in [5, 5.41) is 3.73. The van der Waals surface area contributed by atoms with Gasteiger partial charge in [0.05, 0.1) is 23.1 Å². The Morgan fingerprint density at radius 3 is 2.40 bits per heavy atom. The Labute approximate surface area is 198 Å². The minimum atomic E-state index is -1.32. The number of carbonyl (C=O) groups is 2. The average molecular weight is 509 g/mol. The van der Waals surface area contributed by atoms with Gasteiger partial charge in [-0.3, -0.25) is 14.4 Å². The molecule has 2 atom stereocenters. The third-order valence-corrected chi connectivity index (χ3v) is 6.13. The number of halogens is 5. The predicted octanol–water partition coefficient (Wildman–Crippen LogP) is 6.02. The van der Waals surface area contributed by atoms with E-state index in [1.165, 1.54) is 18.2 Å². The Bertz CT molecular complexity index is 992. The molecule has 0 aromatic heterocycles. The van der Waals surface area contributed by atoms with Crippen molar-refractivity contribution in [3.05, 3.63) is 75.2 Å². The largest absolute Gasteiger partial charge is 0.326 e. The lowest BCUT2D eigenvalue weighted by atomic mass is 10.1. The maximum absolute atomic E-state index is 12.8. The number of alkyl halides is 2. The second-order valence-electron chi connectivity index (χ2n) is 6.55. The third-order valence-electron chi connectivity index (χ3n) is 4.42. The number of anilines is 1. The van der Waals surface area contributed by atoms with E-state index in [-0.39, 0.29) is 17.2 Å². The molecule has 2 N–H and O–H groups in total. The van der Waals surface area contributed by atoms with E-state index in [4.69, 9.17) is 62.8 Å². The fraction of sp³-hybridized carbons (Fsp3) is 0.200. The normalized spacial score (nSPS) is 19.1. The number of amides is 2. The summed E-state index contributed by atoms with van der Waals surface area (Å²) in [6.07, 6.45) is 1.47. The van der Waals surface area contributed by atoms with E-state index < -0.39 is 28.0 Å². The molecule has 0 heterocycles. The maximum Gasteiger partial charge on any atom is 0.276 e. The van der Waals surface area contributed by atoms with Gasteiger partial charge in [-0.25, -0.2) is 5.48 Å². The zero-order valence-corrected chi connectivity index (χ0v) is 19.0. The Morgan fingerprint density at radius 1 is 1.10 bits per heavy atom. The van der Waals surface area contributed by atoms with Gasteiger partial charge in [-0.1, -0.05) is 40.9 Å². The van der Waals surface area contributed by atoms with Crippen LogP contribution in [0.4, 0.5) is 5.69 Å². The maximum atomic E-state index is 12.8. The van der Waals surface area contributed by atoms with Crippen molar-refractivity contribution in [2.24, 2.45) is 5.92 Å². The van der Waals surface area contributed by atoms with Gasteiger partial charge in [0.2, 0.25) is 5.91 Å². The molecule has 0 spiro atoms. The van der Waals surface area contributed by atoms with E-state index in [0.717, 1.165) is 0 Å². The van der Waals surface area contributed by atoms with Gasteiger partial charge in [0.15, 0.2) is 0 Å². The Balaban J connectivity index is 1.75. The number of benzene rings is 2. The minimum Gasteiger partial charge on any atom is -0.326 e. The van der Waals surface area contributed by atoms with Crippen LogP contribution in [-0.4, -0.2) is 22.8 Å². The highest BCUT2D eigenvalue weighted by atomic mass is 35.5. The van der Waals surface area contributed by atoms with Crippen molar-refractivity contribution >= 4 is 75.5 Å². The monoisotopic (exact) mass is 506 g/mol. The molecule has 0 bridgehead atoms. The molecule has 2 amide bonds. The second kappa shape index (κ2) is 9.35. The fourth-order valence-electron chi connectivity index (χ4n) is 3.04. The second-order valence-corrected chi connectivity index (χ2v) is 9.27. The average Bonchev–Trinajstić information content (AvgIpc) is 3.25. The van der Waals surface area contributed by atoms with Crippen LogP contribution in [-0.2, 0) is 9.63 Å². The van der Waals surface area contributed by atoms with Crippen LogP contribution in [0.25, 0.3) is 0 Å². The minimum absolute atomic E-state index is 0.121. The summed E-state index contributed by atoms with van der Waals surface area (Å²) in [6.45, 7) is 3.61. The molecule has 0 aliphatic heterocycles. The number of rotatable bonds is 7. The van der Waals surface area contributed by atoms with Crippen molar-refractivity contribution in [3.63, 3.8) is 0 Å². The van der Waals surface area contributed by atoms with Gasteiger partial charge in [-0.05, 0) is 42.0 Å². The molecule has 3 rings (SSSR count). The van der Waals surface area contributed by atoms with E-state index in [0.29, 0.717) is 21.3 Å². The molecule has 1 fully saturated rings. The van der Waals surface area contributed by atoms with Crippen LogP contribution in [0.1, 0.15) is 21.8 Å². The first-order chi connectivity index (χ1) is 14.1. The van der Waals surface area contributed by atoms with Gasteiger partial charge in [-0.15, -0.1) is 29.8 Å². The first-order valence-corrected chi connectivity index (χ1v) is 10.5. The van der Waals surface area contributed by atoms with Crippen molar-refractivity contribution < 1.29 is 14.4 Å². The van der Waals surface area contributed by atoms with Crippen LogP contribution in [0.3, 0.4) is 0 Å². The molecule has 30 heavy (non-hydrogen) atoms. The van der Waals surface area contributed by atoms with E-state index in [2.05, 4.69) is 17.4 Å². The molecular formula is C20H15Cl5N2O3. The number of hydroxylamine groups is 1. The van der Waals surface area contributed by atoms with Crippen LogP contribution in [0, 0.1) is 5.92 Å². The molecule has 5 nitrogen and oxygen atoms in total. The summed E-state index contributed by atoms with van der Waals surface area (Å²) in [5.74, 6) is -2.21. The van der Waals surface area contributed by atoms with Gasteiger partial charge in [0.25, 0.3) is 5.91 Å². The fourth-order valence-corrected chi connectivity index (χ4v) is 4.62. The van der Waals surface area contributed by atoms with Crippen LogP contribution in [0.15, 0.2) is 49.1 Å². The van der Waals surface area contributed by atoms with Gasteiger partial charge in [0.1, 0.15) is 4.33 Å². The van der Waals surface area contributed by atoms with Crippen LogP contribution < -0.4 is 10.8 Å². The molecule has 2 aromatic carbocycles. The Kier molecular flexibility index (Phi) is 7.23. The molecule has 0 radical (unpaired) electrons. The van der Waals surface area contributed by atoms with Gasteiger partial charge in [-0.2, -0.15) is 0 Å². The van der Waals surface area contributed by atoms with Crippen molar-refractivity contribution in [1.82, 2.24) is 5.48 Å². The van der Waals surface area contributed by atoms with E-state index in [9.17, 15) is 9.59 Å². The molecular weight excluding hydrogens is 493 g/mol. The summed E-state index contributed by atoms with van der Waals surface area (Å²) < 4.78 is -1.32. The highest BCUT2D eigenvalue weighted by Crippen LogP contribution is 2.65. The molecule has 1 aliphatic carbocycles. The highest BCUT2D eigenvalue weighted by molar-refractivity contribution is 6.53. The molecule has 1 aliphatic rings.